The number of alkyl halides is 3. The summed E-state index contributed by atoms with van der Waals surface area (Å²) in [5.41, 5.74) is -2.24. The Labute approximate surface area is 180 Å². The minimum Gasteiger partial charge on any atom is -0.322 e. The first-order chi connectivity index (χ1) is 13.8. The van der Waals surface area contributed by atoms with Crippen LogP contribution in [0, 0.1) is 5.41 Å². The number of Topliss-reactive ketones (excluding diaryl/α,β-unsaturated/α-hetero) is 1. The molecule has 166 valence electrons. The smallest absolute Gasteiger partial charge is 0.322 e. The van der Waals surface area contributed by atoms with Crippen molar-refractivity contribution in [3.05, 3.63) is 35.4 Å². The molecule has 1 aliphatic heterocycles. The number of carbonyl (C=O) groups is 3. The van der Waals surface area contributed by atoms with E-state index in [0.717, 1.165) is 12.1 Å². The standard InChI is InChI=1S/C22H28F3NO3S/c1-4-20(2,3)17(27)18(28)26-13-7-12-21(26,19(29)30)11-6-9-15-8-5-10-16(14-15)22(23,24)25/h5,8,10,14H,4,6-7,9,11-13H2,1-3H3,(H,29,30)/t21-/m0/s1. The van der Waals surface area contributed by atoms with E-state index in [-0.39, 0.29) is 6.42 Å². The Morgan fingerprint density at radius 3 is 2.43 bits per heavy atom. The zero-order valence-electron chi connectivity index (χ0n) is 17.5. The number of ketones is 1. The highest BCUT2D eigenvalue weighted by Gasteiger charge is 2.50. The molecular formula is C22H28F3NO3S. The van der Waals surface area contributed by atoms with Gasteiger partial charge in [0, 0.05) is 12.0 Å². The fourth-order valence-electron chi connectivity index (χ4n) is 3.82. The van der Waals surface area contributed by atoms with Crippen molar-refractivity contribution in [2.75, 3.05) is 6.54 Å². The van der Waals surface area contributed by atoms with Crippen LogP contribution >= 0.6 is 12.6 Å². The maximum atomic E-state index is 12.9. The molecule has 1 aromatic carbocycles. The highest BCUT2D eigenvalue weighted by molar-refractivity contribution is 7.96. The first kappa shape index (κ1) is 24.4. The summed E-state index contributed by atoms with van der Waals surface area (Å²) in [6, 6.07) is 5.07. The molecule has 0 radical (unpaired) electrons. The summed E-state index contributed by atoms with van der Waals surface area (Å²) in [6.07, 6.45) is -2.00. The lowest BCUT2D eigenvalue weighted by atomic mass is 9.83. The van der Waals surface area contributed by atoms with E-state index in [9.17, 15) is 27.6 Å². The van der Waals surface area contributed by atoms with Gasteiger partial charge in [0.05, 0.1) is 5.56 Å². The van der Waals surface area contributed by atoms with Gasteiger partial charge in [0.1, 0.15) is 5.54 Å². The summed E-state index contributed by atoms with van der Waals surface area (Å²) in [7, 11) is 0. The monoisotopic (exact) mass is 443 g/mol. The third kappa shape index (κ3) is 5.07. The highest BCUT2D eigenvalue weighted by Crippen LogP contribution is 2.38. The van der Waals surface area contributed by atoms with Gasteiger partial charge in [-0.25, -0.2) is 0 Å². The van der Waals surface area contributed by atoms with Gasteiger partial charge in [0.2, 0.25) is 10.9 Å². The van der Waals surface area contributed by atoms with Crippen LogP contribution in [-0.4, -0.2) is 33.8 Å². The molecule has 1 atom stereocenters. The quantitative estimate of drug-likeness (QED) is 0.462. The molecule has 1 fully saturated rings. The van der Waals surface area contributed by atoms with E-state index in [2.05, 4.69) is 12.6 Å². The molecule has 0 bridgehead atoms. The van der Waals surface area contributed by atoms with Crippen molar-refractivity contribution in [3.8, 4) is 0 Å². The van der Waals surface area contributed by atoms with Gasteiger partial charge in [-0.15, -0.1) is 12.6 Å². The van der Waals surface area contributed by atoms with E-state index in [0.29, 0.717) is 44.2 Å². The molecule has 1 aliphatic rings. The molecule has 4 nitrogen and oxygen atoms in total. The topological polar surface area (TPSA) is 54.5 Å². The van der Waals surface area contributed by atoms with E-state index in [1.54, 1.807) is 19.9 Å². The number of hydrogen-bond donors (Lipinski definition) is 1. The molecule has 0 unspecified atom stereocenters. The zero-order valence-corrected chi connectivity index (χ0v) is 18.4. The lowest BCUT2D eigenvalue weighted by molar-refractivity contribution is -0.153. The molecule has 0 N–H and O–H groups in total. The van der Waals surface area contributed by atoms with Crippen LogP contribution in [0.3, 0.4) is 0 Å². The maximum Gasteiger partial charge on any atom is 0.416 e. The van der Waals surface area contributed by atoms with Gasteiger partial charge >= 0.3 is 6.18 Å². The molecule has 1 aromatic rings. The molecule has 1 saturated heterocycles. The largest absolute Gasteiger partial charge is 0.416 e. The molecule has 1 heterocycles. The number of aryl methyl sites for hydroxylation is 1. The van der Waals surface area contributed by atoms with E-state index < -0.39 is 39.5 Å². The lowest BCUT2D eigenvalue weighted by Gasteiger charge is -2.37. The molecule has 0 spiro atoms. The Balaban J connectivity index is 2.17. The van der Waals surface area contributed by atoms with Gasteiger partial charge < -0.3 is 4.90 Å². The van der Waals surface area contributed by atoms with Crippen molar-refractivity contribution in [2.45, 2.75) is 71.0 Å². The van der Waals surface area contributed by atoms with Gasteiger partial charge in [0.15, 0.2) is 0 Å². The zero-order chi connectivity index (χ0) is 22.7. The number of benzene rings is 1. The lowest BCUT2D eigenvalue weighted by Crippen LogP contribution is -2.55. The van der Waals surface area contributed by atoms with Gasteiger partial charge in [0.25, 0.3) is 5.91 Å². The fourth-order valence-corrected chi connectivity index (χ4v) is 4.17. The van der Waals surface area contributed by atoms with Crippen LogP contribution in [0.4, 0.5) is 13.2 Å². The van der Waals surface area contributed by atoms with Crippen molar-refractivity contribution in [3.63, 3.8) is 0 Å². The number of halogens is 3. The minimum atomic E-state index is -4.42. The molecule has 30 heavy (non-hydrogen) atoms. The Hall–Kier alpha value is -1.83. The van der Waals surface area contributed by atoms with Crippen LogP contribution in [0.25, 0.3) is 0 Å². The third-order valence-electron chi connectivity index (χ3n) is 6.13. The summed E-state index contributed by atoms with van der Waals surface area (Å²) in [4.78, 5) is 39.4. The molecule has 0 aromatic heterocycles. The molecule has 0 aliphatic carbocycles. The summed E-state index contributed by atoms with van der Waals surface area (Å²) in [5.74, 6) is -1.22. The Morgan fingerprint density at radius 2 is 1.87 bits per heavy atom. The molecular weight excluding hydrogens is 415 g/mol. The van der Waals surface area contributed by atoms with Crippen molar-refractivity contribution >= 4 is 29.4 Å². The normalized spacial score (nSPS) is 19.8. The number of carbonyl (C=O) groups excluding carboxylic acids is 3. The van der Waals surface area contributed by atoms with Crippen LogP contribution in [0.1, 0.15) is 64.0 Å². The number of amides is 1. The van der Waals surface area contributed by atoms with Crippen LogP contribution in [0.15, 0.2) is 24.3 Å². The number of nitrogens with zero attached hydrogens (tertiary/aromatic N) is 1. The van der Waals surface area contributed by atoms with E-state index in [1.165, 1.54) is 11.0 Å². The van der Waals surface area contributed by atoms with E-state index in [4.69, 9.17) is 0 Å². The number of rotatable bonds is 8. The molecule has 1 amide bonds. The second kappa shape index (κ2) is 9.12. The molecule has 0 saturated carbocycles. The van der Waals surface area contributed by atoms with E-state index in [1.807, 2.05) is 6.92 Å². The number of likely N-dealkylation sites (tertiary alicyclic amines) is 1. The summed E-state index contributed by atoms with van der Waals surface area (Å²) in [6.45, 7) is 5.50. The van der Waals surface area contributed by atoms with Gasteiger partial charge in [-0.1, -0.05) is 39.0 Å². The van der Waals surface area contributed by atoms with Crippen LogP contribution in [0.2, 0.25) is 0 Å². The van der Waals surface area contributed by atoms with Crippen LogP contribution in [-0.2, 0) is 27.0 Å². The van der Waals surface area contributed by atoms with Gasteiger partial charge in [-0.05, 0) is 50.2 Å². The van der Waals surface area contributed by atoms with E-state index >= 15 is 0 Å². The maximum absolute atomic E-state index is 12.9. The van der Waals surface area contributed by atoms with Crippen molar-refractivity contribution in [1.29, 1.82) is 0 Å². The highest BCUT2D eigenvalue weighted by atomic mass is 32.1. The SMILES string of the molecule is CCC(C)(C)C(=O)C(=O)N1CCC[C@@]1(CCCc1cccc(C(F)(F)F)c1)C(=O)S. The average molecular weight is 444 g/mol. The predicted octanol–water partition coefficient (Wildman–Crippen LogP) is 4.85. The Kier molecular flexibility index (Phi) is 7.43. The van der Waals surface area contributed by atoms with Crippen molar-refractivity contribution in [2.24, 2.45) is 5.41 Å². The molecule has 8 heteroatoms. The van der Waals surface area contributed by atoms with Gasteiger partial charge in [-0.2, -0.15) is 13.2 Å². The predicted molar refractivity (Wildman–Crippen MR) is 111 cm³/mol. The van der Waals surface area contributed by atoms with Crippen molar-refractivity contribution in [1.82, 2.24) is 4.90 Å². The fraction of sp³-hybridized carbons (Fsp3) is 0.591. The number of hydrogen-bond acceptors (Lipinski definition) is 3. The average Bonchev–Trinajstić information content (AvgIpc) is 3.11. The van der Waals surface area contributed by atoms with Gasteiger partial charge in [-0.3, -0.25) is 14.4 Å². The van der Waals surface area contributed by atoms with Crippen LogP contribution in [0.5, 0.6) is 0 Å². The second-order valence-electron chi connectivity index (χ2n) is 8.52. The van der Waals surface area contributed by atoms with Crippen LogP contribution < -0.4 is 0 Å². The summed E-state index contributed by atoms with van der Waals surface area (Å²) >= 11 is 4.02. The Morgan fingerprint density at radius 1 is 1.20 bits per heavy atom. The minimum absolute atomic E-state index is 0.247. The molecule has 2 rings (SSSR count). The third-order valence-corrected chi connectivity index (χ3v) is 6.55. The summed E-state index contributed by atoms with van der Waals surface area (Å²) < 4.78 is 38.7. The van der Waals surface area contributed by atoms with Crippen molar-refractivity contribution < 1.29 is 27.6 Å². The Bertz CT molecular complexity index is 822. The first-order valence-corrected chi connectivity index (χ1v) is 10.6. The second-order valence-corrected chi connectivity index (χ2v) is 8.92. The first-order valence-electron chi connectivity index (χ1n) is 10.1. The number of thiol groups is 1. The summed E-state index contributed by atoms with van der Waals surface area (Å²) in [5, 5.41) is -0.487.